The smallest absolute Gasteiger partial charge is 0.129 e. The van der Waals surface area contributed by atoms with Gasteiger partial charge in [-0.1, -0.05) is 6.07 Å². The molecule has 1 nitrogen and oxygen atoms in total. The monoisotopic (exact) mass is 238 g/mol. The Kier molecular flexibility index (Phi) is 2.47. The quantitative estimate of drug-likeness (QED) is 0.858. The van der Waals surface area contributed by atoms with Gasteiger partial charge in [-0.05, 0) is 55.1 Å². The second-order valence-corrected chi connectivity index (χ2v) is 5.70. The van der Waals surface area contributed by atoms with Crippen LogP contribution in [-0.2, 0) is 6.42 Å². The van der Waals surface area contributed by atoms with Gasteiger partial charge in [-0.3, -0.25) is 0 Å². The second kappa shape index (κ2) is 3.77. The van der Waals surface area contributed by atoms with Crippen molar-refractivity contribution in [2.24, 2.45) is 17.3 Å². The van der Waals surface area contributed by atoms with Crippen molar-refractivity contribution in [1.82, 2.24) is 0 Å². The van der Waals surface area contributed by atoms with E-state index >= 15 is 0 Å². The number of rotatable bonds is 3. The fourth-order valence-corrected chi connectivity index (χ4v) is 3.41. The predicted octanol–water partition coefficient (Wildman–Crippen LogP) is 2.92. The fourth-order valence-electron chi connectivity index (χ4n) is 3.41. The van der Waals surface area contributed by atoms with Gasteiger partial charge in [0.2, 0.25) is 0 Å². The molecule has 1 aromatic carbocycles. The zero-order valence-electron chi connectivity index (χ0n) is 9.63. The first-order valence-corrected chi connectivity index (χ1v) is 6.17. The van der Waals surface area contributed by atoms with Crippen LogP contribution in [0.15, 0.2) is 18.2 Å². The lowest BCUT2D eigenvalue weighted by Gasteiger charge is -2.29. The van der Waals surface area contributed by atoms with Crippen molar-refractivity contribution in [2.45, 2.75) is 25.7 Å². The predicted molar refractivity (Wildman–Crippen MR) is 60.4 cm³/mol. The Hall–Kier alpha value is -0.960. The van der Waals surface area contributed by atoms with Crippen LogP contribution in [0.2, 0.25) is 0 Å². The third kappa shape index (κ3) is 1.86. The highest BCUT2D eigenvalue weighted by molar-refractivity contribution is 5.22. The Labute approximate surface area is 99.5 Å². The normalized spacial score (nSPS) is 34.8. The van der Waals surface area contributed by atoms with Gasteiger partial charge in [0.25, 0.3) is 0 Å². The molecular weight excluding hydrogens is 222 g/mol. The molecule has 0 bridgehead atoms. The summed E-state index contributed by atoms with van der Waals surface area (Å²) in [6, 6.07) is 3.96. The van der Waals surface area contributed by atoms with E-state index in [2.05, 4.69) is 0 Å². The van der Waals surface area contributed by atoms with E-state index in [0.29, 0.717) is 18.3 Å². The number of hydrogen-bond acceptors (Lipinski definition) is 1. The molecule has 17 heavy (non-hydrogen) atoms. The summed E-state index contributed by atoms with van der Waals surface area (Å²) in [6.45, 7) is 0.0355. The maximum atomic E-state index is 13.6. The lowest BCUT2D eigenvalue weighted by atomic mass is 9.78. The third-order valence-electron chi connectivity index (χ3n) is 4.41. The minimum atomic E-state index is -0.488. The summed E-state index contributed by atoms with van der Waals surface area (Å²) < 4.78 is 27.2. The maximum absolute atomic E-state index is 13.6. The highest BCUT2D eigenvalue weighted by Gasteiger charge is 2.53. The molecule has 2 fully saturated rings. The zero-order valence-corrected chi connectivity index (χ0v) is 9.63. The highest BCUT2D eigenvalue weighted by Crippen LogP contribution is 2.60. The van der Waals surface area contributed by atoms with Crippen LogP contribution >= 0.6 is 0 Å². The fraction of sp³-hybridized carbons (Fsp3) is 0.571. The summed E-state index contributed by atoms with van der Waals surface area (Å²) in [7, 11) is 0. The van der Waals surface area contributed by atoms with Crippen LogP contribution in [-0.4, -0.2) is 11.7 Å². The Bertz CT molecular complexity index is 414. The second-order valence-electron chi connectivity index (χ2n) is 5.70. The van der Waals surface area contributed by atoms with E-state index in [1.165, 1.54) is 24.6 Å². The summed E-state index contributed by atoms with van der Waals surface area (Å²) >= 11 is 0. The SMILES string of the molecule is OCC1(Cc2c(F)cccc2F)CC2CC2C1. The van der Waals surface area contributed by atoms with Gasteiger partial charge >= 0.3 is 0 Å². The maximum Gasteiger partial charge on any atom is 0.129 e. The molecule has 0 saturated heterocycles. The van der Waals surface area contributed by atoms with Crippen LogP contribution in [0, 0.1) is 28.9 Å². The van der Waals surface area contributed by atoms with Gasteiger partial charge in [-0.2, -0.15) is 0 Å². The summed E-state index contributed by atoms with van der Waals surface area (Å²) in [5.41, 5.74) is -0.140. The largest absolute Gasteiger partial charge is 0.396 e. The molecule has 0 spiro atoms. The Morgan fingerprint density at radius 3 is 2.29 bits per heavy atom. The van der Waals surface area contributed by atoms with Crippen molar-refractivity contribution in [3.63, 3.8) is 0 Å². The van der Waals surface area contributed by atoms with Crippen molar-refractivity contribution in [1.29, 1.82) is 0 Å². The molecule has 0 aliphatic heterocycles. The average molecular weight is 238 g/mol. The van der Waals surface area contributed by atoms with Crippen molar-refractivity contribution in [3.8, 4) is 0 Å². The third-order valence-corrected chi connectivity index (χ3v) is 4.41. The molecule has 3 rings (SSSR count). The average Bonchev–Trinajstić information content (AvgIpc) is 2.93. The van der Waals surface area contributed by atoms with Gasteiger partial charge in [0.1, 0.15) is 11.6 Å². The van der Waals surface area contributed by atoms with E-state index in [1.807, 2.05) is 0 Å². The number of hydrogen-bond donors (Lipinski definition) is 1. The first-order valence-electron chi connectivity index (χ1n) is 6.17. The van der Waals surface area contributed by atoms with E-state index in [-0.39, 0.29) is 17.6 Å². The van der Waals surface area contributed by atoms with Gasteiger partial charge < -0.3 is 5.11 Å². The zero-order chi connectivity index (χ0) is 12.0. The Morgan fingerprint density at radius 2 is 1.76 bits per heavy atom. The molecule has 1 aromatic rings. The van der Waals surface area contributed by atoms with Crippen LogP contribution in [0.4, 0.5) is 8.78 Å². The highest BCUT2D eigenvalue weighted by atomic mass is 19.1. The molecular formula is C14H16F2O. The minimum absolute atomic E-state index is 0.0355. The summed E-state index contributed by atoms with van der Waals surface area (Å²) in [6.07, 6.45) is 3.40. The summed E-state index contributed by atoms with van der Waals surface area (Å²) in [5.74, 6) is 0.408. The molecule has 2 unspecified atom stereocenters. The molecule has 2 aliphatic rings. The van der Waals surface area contributed by atoms with Crippen LogP contribution in [0.5, 0.6) is 0 Å². The van der Waals surface area contributed by atoms with Gasteiger partial charge in [-0.25, -0.2) is 8.78 Å². The molecule has 2 aliphatic carbocycles. The number of benzene rings is 1. The van der Waals surface area contributed by atoms with E-state index < -0.39 is 11.6 Å². The number of fused-ring (bicyclic) bond motifs is 1. The van der Waals surface area contributed by atoms with Crippen molar-refractivity contribution < 1.29 is 13.9 Å². The molecule has 0 heterocycles. The molecule has 1 N–H and O–H groups in total. The molecule has 0 radical (unpaired) electrons. The first-order chi connectivity index (χ1) is 8.13. The van der Waals surface area contributed by atoms with E-state index in [0.717, 1.165) is 12.8 Å². The van der Waals surface area contributed by atoms with Crippen LogP contribution in [0.3, 0.4) is 0 Å². The van der Waals surface area contributed by atoms with Crippen molar-refractivity contribution in [2.75, 3.05) is 6.61 Å². The lowest BCUT2D eigenvalue weighted by Crippen LogP contribution is -2.27. The standard InChI is InChI=1S/C14H16F2O/c15-12-2-1-3-13(16)11(12)7-14(8-17)5-9-4-10(9)6-14/h1-3,9-10,17H,4-8H2. The summed E-state index contributed by atoms with van der Waals surface area (Å²) in [4.78, 5) is 0. The molecule has 2 saturated carbocycles. The van der Waals surface area contributed by atoms with E-state index in [1.54, 1.807) is 0 Å². The number of halogens is 2. The molecule has 3 heteroatoms. The lowest BCUT2D eigenvalue weighted by molar-refractivity contribution is 0.115. The van der Waals surface area contributed by atoms with Gasteiger partial charge in [0, 0.05) is 12.2 Å². The van der Waals surface area contributed by atoms with Crippen molar-refractivity contribution in [3.05, 3.63) is 35.4 Å². The van der Waals surface area contributed by atoms with E-state index in [9.17, 15) is 13.9 Å². The first kappa shape index (κ1) is 11.1. The minimum Gasteiger partial charge on any atom is -0.396 e. The Morgan fingerprint density at radius 1 is 1.18 bits per heavy atom. The summed E-state index contributed by atoms with van der Waals surface area (Å²) in [5, 5.41) is 9.55. The van der Waals surface area contributed by atoms with Crippen LogP contribution in [0.25, 0.3) is 0 Å². The topological polar surface area (TPSA) is 20.2 Å². The molecule has 92 valence electrons. The number of aliphatic hydroxyl groups excluding tert-OH is 1. The molecule has 2 atom stereocenters. The van der Waals surface area contributed by atoms with Crippen molar-refractivity contribution >= 4 is 0 Å². The van der Waals surface area contributed by atoms with Crippen LogP contribution < -0.4 is 0 Å². The van der Waals surface area contributed by atoms with Crippen LogP contribution in [0.1, 0.15) is 24.8 Å². The number of aliphatic hydroxyl groups is 1. The molecule has 0 aromatic heterocycles. The van der Waals surface area contributed by atoms with Gasteiger partial charge in [0.05, 0.1) is 0 Å². The molecule has 0 amide bonds. The van der Waals surface area contributed by atoms with Gasteiger partial charge in [-0.15, -0.1) is 0 Å². The van der Waals surface area contributed by atoms with Gasteiger partial charge in [0.15, 0.2) is 0 Å². The Balaban J connectivity index is 1.86. The van der Waals surface area contributed by atoms with E-state index in [4.69, 9.17) is 0 Å².